The number of likely N-dealkylation sites (tertiary alicyclic amines) is 1. The van der Waals surface area contributed by atoms with E-state index in [0.717, 1.165) is 17.0 Å². The van der Waals surface area contributed by atoms with Crippen molar-refractivity contribution in [2.75, 3.05) is 13.1 Å². The first kappa shape index (κ1) is 19.4. The van der Waals surface area contributed by atoms with Gasteiger partial charge in [-0.1, -0.05) is 6.07 Å². The highest BCUT2D eigenvalue weighted by Crippen LogP contribution is 2.34. The van der Waals surface area contributed by atoms with E-state index in [2.05, 4.69) is 20.1 Å². The van der Waals surface area contributed by atoms with Gasteiger partial charge in [-0.3, -0.25) is 4.79 Å². The molecule has 4 rings (SSSR count). The maximum atomic E-state index is 14.0. The van der Waals surface area contributed by atoms with Crippen LogP contribution in [0.4, 0.5) is 4.39 Å². The summed E-state index contributed by atoms with van der Waals surface area (Å²) in [5, 5.41) is 15.0. The highest BCUT2D eigenvalue weighted by molar-refractivity contribution is 5.76. The first-order valence-corrected chi connectivity index (χ1v) is 9.66. The minimum Gasteiger partial charge on any atom is -0.385 e. The van der Waals surface area contributed by atoms with Gasteiger partial charge in [-0.2, -0.15) is 14.5 Å². The number of nitrogens with zero attached hydrogens (tertiary/aromatic N) is 6. The summed E-state index contributed by atoms with van der Waals surface area (Å²) in [6.07, 6.45) is 4.28. The SMILES string of the molecule is Cc1nc2ncnn2c(C)c1CCC(=O)N1CCC(O)(c2cccnc2F)CC1. The molecule has 152 valence electrons. The van der Waals surface area contributed by atoms with Crippen molar-refractivity contribution in [3.05, 3.63) is 53.1 Å². The molecule has 8 nitrogen and oxygen atoms in total. The van der Waals surface area contributed by atoms with Crippen molar-refractivity contribution in [2.24, 2.45) is 0 Å². The normalized spacial score (nSPS) is 16.3. The van der Waals surface area contributed by atoms with E-state index in [-0.39, 0.29) is 24.3 Å². The number of rotatable bonds is 4. The molecular formula is C20H23FN6O2. The van der Waals surface area contributed by atoms with Crippen molar-refractivity contribution < 1.29 is 14.3 Å². The van der Waals surface area contributed by atoms with Crippen LogP contribution in [0.2, 0.25) is 0 Å². The largest absolute Gasteiger partial charge is 0.385 e. The van der Waals surface area contributed by atoms with Crippen molar-refractivity contribution in [2.45, 2.75) is 45.1 Å². The number of carbonyl (C=O) groups is 1. The summed E-state index contributed by atoms with van der Waals surface area (Å²) in [5.74, 6) is -0.0963. The van der Waals surface area contributed by atoms with E-state index in [0.29, 0.717) is 31.7 Å². The molecule has 1 aliphatic rings. The molecule has 29 heavy (non-hydrogen) atoms. The van der Waals surface area contributed by atoms with Crippen molar-refractivity contribution in [3.8, 4) is 0 Å². The summed E-state index contributed by atoms with van der Waals surface area (Å²) < 4.78 is 15.7. The van der Waals surface area contributed by atoms with E-state index >= 15 is 0 Å². The fraction of sp³-hybridized carbons (Fsp3) is 0.450. The van der Waals surface area contributed by atoms with Crippen LogP contribution in [0.5, 0.6) is 0 Å². The minimum absolute atomic E-state index is 0.0104. The number of hydrogen-bond donors (Lipinski definition) is 1. The highest BCUT2D eigenvalue weighted by atomic mass is 19.1. The van der Waals surface area contributed by atoms with Crippen LogP contribution >= 0.6 is 0 Å². The molecule has 0 radical (unpaired) electrons. The molecule has 3 aromatic rings. The molecule has 0 aromatic carbocycles. The zero-order valence-electron chi connectivity index (χ0n) is 16.5. The molecule has 0 aliphatic carbocycles. The van der Waals surface area contributed by atoms with Crippen molar-refractivity contribution in [1.82, 2.24) is 29.5 Å². The molecular weight excluding hydrogens is 375 g/mol. The summed E-state index contributed by atoms with van der Waals surface area (Å²) in [5.41, 5.74) is 1.67. The first-order valence-electron chi connectivity index (χ1n) is 9.66. The molecule has 1 N–H and O–H groups in total. The van der Waals surface area contributed by atoms with Gasteiger partial charge in [0, 0.05) is 42.7 Å². The number of amides is 1. The third-order valence-electron chi connectivity index (χ3n) is 5.78. The van der Waals surface area contributed by atoms with Gasteiger partial charge in [0.15, 0.2) is 0 Å². The van der Waals surface area contributed by atoms with Crippen LogP contribution in [0.25, 0.3) is 5.78 Å². The van der Waals surface area contributed by atoms with Gasteiger partial charge in [0.2, 0.25) is 11.9 Å². The summed E-state index contributed by atoms with van der Waals surface area (Å²) in [7, 11) is 0. The molecule has 1 fully saturated rings. The highest BCUT2D eigenvalue weighted by Gasteiger charge is 2.37. The Morgan fingerprint density at radius 2 is 2.03 bits per heavy atom. The quantitative estimate of drug-likeness (QED) is 0.672. The van der Waals surface area contributed by atoms with E-state index in [4.69, 9.17) is 0 Å². The van der Waals surface area contributed by atoms with Gasteiger partial charge in [0.05, 0.1) is 5.60 Å². The Labute approximate surface area is 167 Å². The number of carbonyl (C=O) groups excluding carboxylic acids is 1. The summed E-state index contributed by atoms with van der Waals surface area (Å²) in [6.45, 7) is 4.61. The molecule has 0 unspecified atom stereocenters. The van der Waals surface area contributed by atoms with Crippen LogP contribution in [0, 0.1) is 19.8 Å². The molecule has 4 heterocycles. The van der Waals surface area contributed by atoms with E-state index in [1.54, 1.807) is 21.5 Å². The van der Waals surface area contributed by atoms with Gasteiger partial charge in [-0.25, -0.2) is 14.5 Å². The average Bonchev–Trinajstić information content (AvgIpc) is 3.17. The van der Waals surface area contributed by atoms with E-state index < -0.39 is 11.5 Å². The standard InChI is InChI=1S/C20H23FN6O2/c1-13-15(14(2)27-19(25-13)23-12-24-27)5-6-17(28)26-10-7-20(29,8-11-26)16-4-3-9-22-18(16)21/h3-4,9,12,29H,5-8,10-11H2,1-2H3. The zero-order chi connectivity index (χ0) is 20.6. The lowest BCUT2D eigenvalue weighted by Crippen LogP contribution is -2.45. The van der Waals surface area contributed by atoms with Crippen molar-refractivity contribution in [1.29, 1.82) is 0 Å². The van der Waals surface area contributed by atoms with Crippen molar-refractivity contribution in [3.63, 3.8) is 0 Å². The summed E-state index contributed by atoms with van der Waals surface area (Å²) >= 11 is 0. The van der Waals surface area contributed by atoms with E-state index in [1.807, 2.05) is 13.8 Å². The number of aromatic nitrogens is 5. The second-order valence-electron chi connectivity index (χ2n) is 7.49. The topological polar surface area (TPSA) is 96.5 Å². The third kappa shape index (κ3) is 3.57. The van der Waals surface area contributed by atoms with Gasteiger partial charge < -0.3 is 10.0 Å². The Morgan fingerprint density at radius 3 is 2.76 bits per heavy atom. The zero-order valence-corrected chi connectivity index (χ0v) is 16.5. The number of pyridine rings is 1. The first-order chi connectivity index (χ1) is 13.9. The molecule has 1 saturated heterocycles. The number of aliphatic hydroxyl groups is 1. The van der Waals surface area contributed by atoms with E-state index in [1.165, 1.54) is 12.5 Å². The molecule has 1 amide bonds. The second-order valence-corrected chi connectivity index (χ2v) is 7.49. The molecule has 0 saturated carbocycles. The number of halogens is 1. The lowest BCUT2D eigenvalue weighted by atomic mass is 9.85. The maximum Gasteiger partial charge on any atom is 0.252 e. The molecule has 0 spiro atoms. The number of aryl methyl sites for hydroxylation is 2. The predicted molar refractivity (Wildman–Crippen MR) is 102 cm³/mol. The van der Waals surface area contributed by atoms with Crippen LogP contribution in [0.1, 0.15) is 41.8 Å². The Balaban J connectivity index is 1.40. The lowest BCUT2D eigenvalue weighted by molar-refractivity contribution is -0.135. The Bertz CT molecular complexity index is 1060. The smallest absolute Gasteiger partial charge is 0.252 e. The predicted octanol–water partition coefficient (Wildman–Crippen LogP) is 1.72. The monoisotopic (exact) mass is 398 g/mol. The average molecular weight is 398 g/mol. The Morgan fingerprint density at radius 1 is 1.28 bits per heavy atom. The molecule has 0 bridgehead atoms. The Kier molecular flexibility index (Phi) is 4.99. The fourth-order valence-electron chi connectivity index (χ4n) is 4.04. The van der Waals surface area contributed by atoms with E-state index in [9.17, 15) is 14.3 Å². The second kappa shape index (κ2) is 7.47. The minimum atomic E-state index is -1.29. The maximum absolute atomic E-state index is 14.0. The summed E-state index contributed by atoms with van der Waals surface area (Å²) in [4.78, 5) is 26.6. The van der Waals surface area contributed by atoms with Crippen LogP contribution in [0.15, 0.2) is 24.7 Å². The molecule has 3 aromatic heterocycles. The molecule has 9 heteroatoms. The number of hydrogen-bond acceptors (Lipinski definition) is 6. The Hall–Kier alpha value is -2.94. The van der Waals surface area contributed by atoms with Crippen molar-refractivity contribution >= 4 is 11.7 Å². The summed E-state index contributed by atoms with van der Waals surface area (Å²) in [6, 6.07) is 3.16. The third-order valence-corrected chi connectivity index (χ3v) is 5.78. The van der Waals surface area contributed by atoms with Crippen LogP contribution < -0.4 is 0 Å². The molecule has 0 atom stereocenters. The van der Waals surface area contributed by atoms with Gasteiger partial charge in [-0.05, 0) is 44.7 Å². The van der Waals surface area contributed by atoms with Gasteiger partial charge in [0.1, 0.15) is 6.33 Å². The van der Waals surface area contributed by atoms with Crippen LogP contribution in [-0.2, 0) is 16.8 Å². The fourth-order valence-corrected chi connectivity index (χ4v) is 4.04. The van der Waals surface area contributed by atoms with Gasteiger partial charge >= 0.3 is 0 Å². The number of fused-ring (bicyclic) bond motifs is 1. The lowest BCUT2D eigenvalue weighted by Gasteiger charge is -2.38. The van der Waals surface area contributed by atoms with Crippen LogP contribution in [0.3, 0.4) is 0 Å². The van der Waals surface area contributed by atoms with Crippen LogP contribution in [-0.4, -0.2) is 53.6 Å². The van der Waals surface area contributed by atoms with Gasteiger partial charge in [0.25, 0.3) is 5.78 Å². The molecule has 1 aliphatic heterocycles. The number of piperidine rings is 1. The van der Waals surface area contributed by atoms with Gasteiger partial charge in [-0.15, -0.1) is 0 Å².